The molecule has 3 nitrogen and oxygen atoms in total. The number of hydrogen-bond acceptors (Lipinski definition) is 3. The second-order valence-electron chi connectivity index (χ2n) is 4.36. The van der Waals surface area contributed by atoms with Crippen molar-refractivity contribution in [1.82, 2.24) is 4.98 Å². The van der Waals surface area contributed by atoms with Gasteiger partial charge in [0.1, 0.15) is 5.82 Å². The third-order valence-corrected chi connectivity index (χ3v) is 2.97. The van der Waals surface area contributed by atoms with Crippen LogP contribution >= 0.6 is 0 Å². The fourth-order valence-corrected chi connectivity index (χ4v) is 1.72. The van der Waals surface area contributed by atoms with Gasteiger partial charge in [0.05, 0.1) is 11.2 Å². The molecule has 0 aromatic carbocycles. The molecule has 0 radical (unpaired) electrons. The Morgan fingerprint density at radius 3 is 2.65 bits per heavy atom. The Kier molecular flexibility index (Phi) is 2.99. The Balaban J connectivity index is 2.01. The Morgan fingerprint density at radius 2 is 2.12 bits per heavy atom. The van der Waals surface area contributed by atoms with Crippen LogP contribution < -0.4 is 5.32 Å². The second-order valence-corrected chi connectivity index (χ2v) is 4.36. The largest absolute Gasteiger partial charge is 0.416 e. The number of pyridine rings is 1. The van der Waals surface area contributed by atoms with Gasteiger partial charge in [-0.05, 0) is 31.4 Å². The van der Waals surface area contributed by atoms with Gasteiger partial charge in [0.15, 0.2) is 0 Å². The van der Waals surface area contributed by atoms with Gasteiger partial charge in [-0.3, -0.25) is 0 Å². The van der Waals surface area contributed by atoms with Crippen LogP contribution in [0.25, 0.3) is 0 Å². The summed E-state index contributed by atoms with van der Waals surface area (Å²) in [5.74, 6) is 0.139. The van der Waals surface area contributed by atoms with Gasteiger partial charge in [-0.2, -0.15) is 13.2 Å². The molecule has 17 heavy (non-hydrogen) atoms. The molecule has 1 aromatic heterocycles. The first-order chi connectivity index (χ1) is 7.89. The van der Waals surface area contributed by atoms with E-state index in [2.05, 4.69) is 10.3 Å². The highest BCUT2D eigenvalue weighted by Gasteiger charge is 2.34. The summed E-state index contributed by atoms with van der Waals surface area (Å²) in [5.41, 5.74) is -1.52. The van der Waals surface area contributed by atoms with E-state index in [9.17, 15) is 18.3 Å². The normalized spacial score (nSPS) is 18.6. The smallest absolute Gasteiger partial charge is 0.388 e. The lowest BCUT2D eigenvalue weighted by molar-refractivity contribution is -0.137. The molecule has 1 heterocycles. The Bertz CT molecular complexity index is 402. The molecular weight excluding hydrogens is 233 g/mol. The Labute approximate surface area is 96.7 Å². The zero-order chi connectivity index (χ0) is 12.5. The predicted octanol–water partition coefficient (Wildman–Crippen LogP) is 2.43. The molecular formula is C11H13F3N2O. The molecule has 6 heteroatoms. The molecule has 1 fully saturated rings. The zero-order valence-corrected chi connectivity index (χ0v) is 9.09. The minimum Gasteiger partial charge on any atom is -0.388 e. The van der Waals surface area contributed by atoms with Gasteiger partial charge < -0.3 is 10.4 Å². The molecule has 94 valence electrons. The number of halogens is 3. The first-order valence-electron chi connectivity index (χ1n) is 5.39. The van der Waals surface area contributed by atoms with Crippen molar-refractivity contribution >= 4 is 5.82 Å². The van der Waals surface area contributed by atoms with E-state index < -0.39 is 17.3 Å². The van der Waals surface area contributed by atoms with Crippen molar-refractivity contribution in [3.8, 4) is 0 Å². The number of anilines is 1. The summed E-state index contributed by atoms with van der Waals surface area (Å²) < 4.78 is 37.2. The standard InChI is InChI=1S/C11H13F3N2O/c12-11(13,14)8-2-5-15-9(6-8)16-7-10(17)3-1-4-10/h2,5-6,17H,1,3-4,7H2,(H,15,16). The lowest BCUT2D eigenvalue weighted by Crippen LogP contribution is -2.43. The van der Waals surface area contributed by atoms with Crippen LogP contribution in [0.2, 0.25) is 0 Å². The quantitative estimate of drug-likeness (QED) is 0.861. The van der Waals surface area contributed by atoms with Crippen LogP contribution in [-0.2, 0) is 6.18 Å². The van der Waals surface area contributed by atoms with Crippen LogP contribution in [0.5, 0.6) is 0 Å². The molecule has 2 N–H and O–H groups in total. The number of nitrogens with one attached hydrogen (secondary N) is 1. The van der Waals surface area contributed by atoms with Crippen LogP contribution in [-0.4, -0.2) is 22.2 Å². The van der Waals surface area contributed by atoms with Gasteiger partial charge in [-0.25, -0.2) is 4.98 Å². The molecule has 0 aliphatic heterocycles. The SMILES string of the molecule is OC1(CNc2cc(C(F)(F)F)ccn2)CCC1. The number of nitrogens with zero attached hydrogens (tertiary/aromatic N) is 1. The maximum Gasteiger partial charge on any atom is 0.416 e. The van der Waals surface area contributed by atoms with Crippen LogP contribution in [0.15, 0.2) is 18.3 Å². The number of rotatable bonds is 3. The third kappa shape index (κ3) is 2.88. The summed E-state index contributed by atoms with van der Waals surface area (Å²) in [7, 11) is 0. The van der Waals surface area contributed by atoms with Crippen molar-refractivity contribution in [1.29, 1.82) is 0 Å². The van der Waals surface area contributed by atoms with Gasteiger partial charge in [-0.15, -0.1) is 0 Å². The summed E-state index contributed by atoms with van der Waals surface area (Å²) >= 11 is 0. The van der Waals surface area contributed by atoms with Gasteiger partial charge in [0.25, 0.3) is 0 Å². The van der Waals surface area contributed by atoms with Crippen molar-refractivity contribution in [2.75, 3.05) is 11.9 Å². The maximum absolute atomic E-state index is 12.4. The Hall–Kier alpha value is -1.30. The molecule has 0 bridgehead atoms. The third-order valence-electron chi connectivity index (χ3n) is 2.97. The van der Waals surface area contributed by atoms with Gasteiger partial charge in [-0.1, -0.05) is 0 Å². The van der Waals surface area contributed by atoms with Crippen molar-refractivity contribution < 1.29 is 18.3 Å². The predicted molar refractivity (Wildman–Crippen MR) is 56.5 cm³/mol. The second kappa shape index (κ2) is 4.18. The van der Waals surface area contributed by atoms with Crippen molar-refractivity contribution in [3.63, 3.8) is 0 Å². The highest BCUT2D eigenvalue weighted by molar-refractivity contribution is 5.39. The lowest BCUT2D eigenvalue weighted by atomic mass is 9.80. The van der Waals surface area contributed by atoms with Crippen LogP contribution in [0.1, 0.15) is 24.8 Å². The molecule has 0 spiro atoms. The van der Waals surface area contributed by atoms with Crippen molar-refractivity contribution in [2.24, 2.45) is 0 Å². The highest BCUT2D eigenvalue weighted by atomic mass is 19.4. The van der Waals surface area contributed by atoms with E-state index in [4.69, 9.17) is 0 Å². The number of aromatic nitrogens is 1. The van der Waals surface area contributed by atoms with Crippen LogP contribution in [0.3, 0.4) is 0 Å². The number of alkyl halides is 3. The van der Waals surface area contributed by atoms with Gasteiger partial charge in [0.2, 0.25) is 0 Å². The van der Waals surface area contributed by atoms with Crippen LogP contribution in [0, 0.1) is 0 Å². The average Bonchev–Trinajstić information content (AvgIpc) is 2.23. The summed E-state index contributed by atoms with van der Waals surface area (Å²) in [6, 6.07) is 1.87. The van der Waals surface area contributed by atoms with Crippen molar-refractivity contribution in [3.05, 3.63) is 23.9 Å². The van der Waals surface area contributed by atoms with E-state index in [1.807, 2.05) is 0 Å². The number of hydrogen-bond donors (Lipinski definition) is 2. The average molecular weight is 246 g/mol. The van der Waals surface area contributed by atoms with E-state index in [1.165, 1.54) is 0 Å². The van der Waals surface area contributed by atoms with Crippen molar-refractivity contribution in [2.45, 2.75) is 31.0 Å². The number of aliphatic hydroxyl groups is 1. The van der Waals surface area contributed by atoms with Gasteiger partial charge in [0, 0.05) is 12.7 Å². The molecule has 1 aliphatic carbocycles. The highest BCUT2D eigenvalue weighted by Crippen LogP contribution is 2.32. The monoisotopic (exact) mass is 246 g/mol. The fourth-order valence-electron chi connectivity index (χ4n) is 1.72. The molecule has 0 saturated heterocycles. The Morgan fingerprint density at radius 1 is 1.41 bits per heavy atom. The summed E-state index contributed by atoms with van der Waals surface area (Å²) in [6.07, 6.45) is -0.950. The molecule has 2 rings (SSSR count). The first kappa shape index (κ1) is 12.2. The van der Waals surface area contributed by atoms with Gasteiger partial charge >= 0.3 is 6.18 Å². The van der Waals surface area contributed by atoms with E-state index in [-0.39, 0.29) is 12.4 Å². The minimum atomic E-state index is -4.37. The van der Waals surface area contributed by atoms with Crippen LogP contribution in [0.4, 0.5) is 19.0 Å². The molecule has 1 aliphatic rings. The molecule has 0 unspecified atom stereocenters. The maximum atomic E-state index is 12.4. The van der Waals surface area contributed by atoms with E-state index in [0.717, 1.165) is 24.8 Å². The van der Waals surface area contributed by atoms with E-state index in [0.29, 0.717) is 12.8 Å². The van der Waals surface area contributed by atoms with E-state index in [1.54, 1.807) is 0 Å². The first-order valence-corrected chi connectivity index (χ1v) is 5.39. The molecule has 1 aromatic rings. The zero-order valence-electron chi connectivity index (χ0n) is 9.09. The summed E-state index contributed by atoms with van der Waals surface area (Å²) in [4.78, 5) is 3.79. The van der Waals surface area contributed by atoms with E-state index >= 15 is 0 Å². The summed E-state index contributed by atoms with van der Waals surface area (Å²) in [5, 5.41) is 12.5. The fraction of sp³-hybridized carbons (Fsp3) is 0.545. The molecule has 0 amide bonds. The minimum absolute atomic E-state index is 0.139. The topological polar surface area (TPSA) is 45.1 Å². The lowest BCUT2D eigenvalue weighted by Gasteiger charge is -2.36. The molecule has 0 atom stereocenters. The molecule has 1 saturated carbocycles. The summed E-state index contributed by atoms with van der Waals surface area (Å²) in [6.45, 7) is 0.237.